The zero-order valence-corrected chi connectivity index (χ0v) is 18.3. The first-order valence-electron chi connectivity index (χ1n) is 9.11. The molecule has 1 atom stereocenters. The van der Waals surface area contributed by atoms with Gasteiger partial charge in [-0.15, -0.1) is 0 Å². The van der Waals surface area contributed by atoms with Gasteiger partial charge in [0.25, 0.3) is 5.91 Å². The number of amides is 1. The molecule has 152 valence electrons. The van der Waals surface area contributed by atoms with Crippen LogP contribution in [0.5, 0.6) is 0 Å². The standard InChI is InChI=1S/C21H24Cl2N2O2.ClH/c1-25(2,14-18-4-3-11-27-18)13-15-5-8-17(9-6-15)24-21(26)16-7-10-19(22)20(23)12-16;/h5-10,12,18H,3-4,11,13-14H2,1-2H3;1H. The molecule has 1 aliphatic heterocycles. The van der Waals surface area contributed by atoms with Crippen LogP contribution in [0.25, 0.3) is 0 Å². The fraction of sp³-hybridized carbons (Fsp3) is 0.381. The van der Waals surface area contributed by atoms with Crippen LogP contribution in [0.2, 0.25) is 10.0 Å². The molecule has 0 bridgehead atoms. The van der Waals surface area contributed by atoms with E-state index in [0.29, 0.717) is 21.7 Å². The van der Waals surface area contributed by atoms with Gasteiger partial charge in [-0.3, -0.25) is 4.79 Å². The molecule has 0 aromatic heterocycles. The highest BCUT2D eigenvalue weighted by atomic mass is 35.5. The van der Waals surface area contributed by atoms with Gasteiger partial charge in [0, 0.05) is 23.4 Å². The number of quaternary nitrogens is 1. The van der Waals surface area contributed by atoms with E-state index in [-0.39, 0.29) is 18.3 Å². The summed E-state index contributed by atoms with van der Waals surface area (Å²) in [6.07, 6.45) is 2.68. The van der Waals surface area contributed by atoms with Crippen LogP contribution >= 0.6 is 23.2 Å². The molecule has 1 unspecified atom stereocenters. The summed E-state index contributed by atoms with van der Waals surface area (Å²) in [5.41, 5.74) is 2.45. The van der Waals surface area contributed by atoms with E-state index in [1.165, 1.54) is 5.56 Å². The summed E-state index contributed by atoms with van der Waals surface area (Å²) in [5.74, 6) is -0.212. The van der Waals surface area contributed by atoms with Gasteiger partial charge >= 0.3 is 0 Å². The van der Waals surface area contributed by atoms with Gasteiger partial charge in [-0.25, -0.2) is 0 Å². The fourth-order valence-corrected chi connectivity index (χ4v) is 3.73. The Labute approximate surface area is 182 Å². The van der Waals surface area contributed by atoms with Crippen LogP contribution in [0.4, 0.5) is 5.69 Å². The topological polar surface area (TPSA) is 38.3 Å². The van der Waals surface area contributed by atoms with Crippen molar-refractivity contribution in [1.82, 2.24) is 0 Å². The van der Waals surface area contributed by atoms with Crippen molar-refractivity contribution in [3.63, 3.8) is 0 Å². The molecule has 3 rings (SSSR count). The molecule has 1 saturated heterocycles. The Morgan fingerprint density at radius 1 is 1.14 bits per heavy atom. The Balaban J connectivity index is 0.00000280. The summed E-state index contributed by atoms with van der Waals surface area (Å²) in [6.45, 7) is 2.81. The molecule has 1 aliphatic rings. The third-order valence-corrected chi connectivity index (χ3v) is 5.47. The van der Waals surface area contributed by atoms with Crippen molar-refractivity contribution in [3.05, 3.63) is 63.6 Å². The van der Waals surface area contributed by atoms with E-state index in [9.17, 15) is 4.79 Å². The quantitative estimate of drug-likeness (QED) is 0.694. The third kappa shape index (κ3) is 6.36. The largest absolute Gasteiger partial charge is 1.00 e. The zero-order valence-electron chi connectivity index (χ0n) is 16.1. The van der Waals surface area contributed by atoms with E-state index in [0.717, 1.165) is 42.7 Å². The Morgan fingerprint density at radius 3 is 2.46 bits per heavy atom. The summed E-state index contributed by atoms with van der Waals surface area (Å²) in [6, 6.07) is 12.8. The fourth-order valence-electron chi connectivity index (χ4n) is 3.43. The molecule has 1 fully saturated rings. The van der Waals surface area contributed by atoms with E-state index < -0.39 is 0 Å². The van der Waals surface area contributed by atoms with E-state index >= 15 is 0 Å². The van der Waals surface area contributed by atoms with Crippen molar-refractivity contribution >= 4 is 34.8 Å². The summed E-state index contributed by atoms with van der Waals surface area (Å²) in [4.78, 5) is 12.4. The second-order valence-electron chi connectivity index (χ2n) is 7.69. The lowest BCUT2D eigenvalue weighted by Gasteiger charge is -2.32. The number of likely N-dealkylation sites (N-methyl/N-ethyl adjacent to an activating group) is 1. The average Bonchev–Trinajstić information content (AvgIpc) is 3.11. The van der Waals surface area contributed by atoms with Gasteiger partial charge in [0.15, 0.2) is 0 Å². The summed E-state index contributed by atoms with van der Waals surface area (Å²) in [5, 5.41) is 3.69. The lowest BCUT2D eigenvalue weighted by atomic mass is 10.1. The van der Waals surface area contributed by atoms with Crippen LogP contribution in [0.1, 0.15) is 28.8 Å². The van der Waals surface area contributed by atoms with Crippen molar-refractivity contribution in [1.29, 1.82) is 0 Å². The number of anilines is 1. The molecule has 7 heteroatoms. The van der Waals surface area contributed by atoms with Crippen molar-refractivity contribution in [2.45, 2.75) is 25.5 Å². The summed E-state index contributed by atoms with van der Waals surface area (Å²) < 4.78 is 6.64. The number of rotatable bonds is 6. The van der Waals surface area contributed by atoms with Gasteiger partial charge in [-0.2, -0.15) is 0 Å². The van der Waals surface area contributed by atoms with Crippen LogP contribution in [-0.2, 0) is 11.3 Å². The second kappa shape index (κ2) is 9.95. The molecule has 0 spiro atoms. The lowest BCUT2D eigenvalue weighted by Crippen LogP contribution is -3.00. The monoisotopic (exact) mass is 442 g/mol. The maximum atomic E-state index is 12.4. The number of carbonyl (C=O) groups excluding carboxylic acids is 1. The van der Waals surface area contributed by atoms with Crippen molar-refractivity contribution in [2.75, 3.05) is 32.6 Å². The third-order valence-electron chi connectivity index (χ3n) is 4.73. The summed E-state index contributed by atoms with van der Waals surface area (Å²) in [7, 11) is 4.45. The van der Waals surface area contributed by atoms with Crippen LogP contribution < -0.4 is 17.7 Å². The van der Waals surface area contributed by atoms with Crippen LogP contribution in [-0.4, -0.2) is 43.7 Å². The number of hydrogen-bond acceptors (Lipinski definition) is 2. The normalized spacial score (nSPS) is 16.5. The zero-order chi connectivity index (χ0) is 19.4. The molecule has 0 aliphatic carbocycles. The Kier molecular flexibility index (Phi) is 8.17. The van der Waals surface area contributed by atoms with Gasteiger partial charge in [0.1, 0.15) is 19.2 Å². The molecule has 2 aromatic carbocycles. The van der Waals surface area contributed by atoms with Gasteiger partial charge in [0.05, 0.1) is 24.1 Å². The number of ether oxygens (including phenoxy) is 1. The lowest BCUT2D eigenvalue weighted by molar-refractivity contribution is -0.906. The number of hydrogen-bond donors (Lipinski definition) is 1. The minimum Gasteiger partial charge on any atom is -1.00 e. The van der Waals surface area contributed by atoms with E-state index in [2.05, 4.69) is 31.5 Å². The Bertz CT molecular complexity index is 804. The number of benzene rings is 2. The minimum atomic E-state index is -0.212. The first kappa shape index (κ1) is 23.0. The van der Waals surface area contributed by atoms with Crippen molar-refractivity contribution in [3.8, 4) is 0 Å². The predicted molar refractivity (Wildman–Crippen MR) is 111 cm³/mol. The Morgan fingerprint density at radius 2 is 1.86 bits per heavy atom. The minimum absolute atomic E-state index is 0. The molecule has 1 heterocycles. The number of carbonyl (C=O) groups is 1. The number of nitrogens with zero attached hydrogens (tertiary/aromatic N) is 1. The maximum Gasteiger partial charge on any atom is 0.255 e. The van der Waals surface area contributed by atoms with E-state index in [1.807, 2.05) is 12.1 Å². The van der Waals surface area contributed by atoms with E-state index in [1.54, 1.807) is 18.2 Å². The van der Waals surface area contributed by atoms with Crippen LogP contribution in [0, 0.1) is 0 Å². The van der Waals surface area contributed by atoms with Crippen molar-refractivity contribution in [2.24, 2.45) is 0 Å². The molecule has 1 N–H and O–H groups in total. The highest BCUT2D eigenvalue weighted by Crippen LogP contribution is 2.23. The number of nitrogens with one attached hydrogen (secondary N) is 1. The maximum absolute atomic E-state index is 12.4. The second-order valence-corrected chi connectivity index (χ2v) is 8.51. The molecular formula is C21H25Cl3N2O2. The first-order valence-corrected chi connectivity index (χ1v) is 9.87. The predicted octanol–water partition coefficient (Wildman–Crippen LogP) is 2.01. The van der Waals surface area contributed by atoms with Crippen molar-refractivity contribution < 1.29 is 26.4 Å². The van der Waals surface area contributed by atoms with Gasteiger partial charge in [0.2, 0.25) is 0 Å². The van der Waals surface area contributed by atoms with Crippen LogP contribution in [0.15, 0.2) is 42.5 Å². The van der Waals surface area contributed by atoms with Gasteiger partial charge < -0.3 is 26.9 Å². The molecule has 28 heavy (non-hydrogen) atoms. The van der Waals surface area contributed by atoms with Gasteiger partial charge in [-0.1, -0.05) is 35.3 Å². The number of halogens is 3. The van der Waals surface area contributed by atoms with E-state index in [4.69, 9.17) is 27.9 Å². The van der Waals surface area contributed by atoms with Gasteiger partial charge in [-0.05, 0) is 43.2 Å². The summed E-state index contributed by atoms with van der Waals surface area (Å²) >= 11 is 11.9. The smallest absolute Gasteiger partial charge is 0.255 e. The molecule has 1 amide bonds. The molecular weight excluding hydrogens is 419 g/mol. The highest BCUT2D eigenvalue weighted by molar-refractivity contribution is 6.42. The first-order chi connectivity index (χ1) is 12.8. The molecule has 0 saturated carbocycles. The Hall–Kier alpha value is -1.30. The molecule has 0 radical (unpaired) electrons. The average molecular weight is 444 g/mol. The highest BCUT2D eigenvalue weighted by Gasteiger charge is 2.25. The van der Waals surface area contributed by atoms with Crippen LogP contribution in [0.3, 0.4) is 0 Å². The molecule has 2 aromatic rings. The molecule has 4 nitrogen and oxygen atoms in total. The SMILES string of the molecule is C[N+](C)(Cc1ccc(NC(=O)c2ccc(Cl)c(Cl)c2)cc1)CC1CCCO1.[Cl-].